The molecule has 1 aromatic carbocycles. The summed E-state index contributed by atoms with van der Waals surface area (Å²) in [5, 5.41) is 0. The number of nitrogens with zero attached hydrogens (tertiary/aromatic N) is 2. The first kappa shape index (κ1) is 22.8. The standard InChI is InChI=1S/C27H35BN2O3/c1-26(2)27(3,4)33-28(32-26)21-13-14-24(29-17-21)25(31)20-15-22-11-8-12-23(16-20)30(22)18-19-9-6-5-7-10-19/h5-7,9-10,13-14,17,20,22-23H,8,11-12,15-16,18H2,1-4H3. The molecule has 0 aliphatic carbocycles. The first-order chi connectivity index (χ1) is 15.7. The number of hydrogen-bond acceptors (Lipinski definition) is 5. The van der Waals surface area contributed by atoms with Crippen molar-refractivity contribution in [2.45, 2.75) is 89.6 Å². The molecule has 0 amide bonds. The molecule has 174 valence electrons. The number of pyridine rings is 1. The van der Waals surface area contributed by atoms with Crippen LogP contribution >= 0.6 is 0 Å². The summed E-state index contributed by atoms with van der Waals surface area (Å²) in [7, 11) is -0.452. The summed E-state index contributed by atoms with van der Waals surface area (Å²) in [4.78, 5) is 20.6. The van der Waals surface area contributed by atoms with Crippen LogP contribution in [-0.2, 0) is 15.9 Å². The molecule has 3 saturated heterocycles. The van der Waals surface area contributed by atoms with Crippen LogP contribution in [0.15, 0.2) is 48.7 Å². The molecular formula is C27H35BN2O3. The molecule has 1 aromatic heterocycles. The molecule has 0 spiro atoms. The second-order valence-corrected chi connectivity index (χ2v) is 11.0. The first-order valence-corrected chi connectivity index (χ1v) is 12.4. The largest absolute Gasteiger partial charge is 0.496 e. The Morgan fingerprint density at radius 2 is 1.64 bits per heavy atom. The lowest BCUT2D eigenvalue weighted by atomic mass is 9.75. The average molecular weight is 446 g/mol. The van der Waals surface area contributed by atoms with Crippen LogP contribution < -0.4 is 5.46 Å². The number of benzene rings is 1. The molecule has 3 aliphatic heterocycles. The topological polar surface area (TPSA) is 51.7 Å². The van der Waals surface area contributed by atoms with E-state index in [9.17, 15) is 4.79 Å². The summed E-state index contributed by atoms with van der Waals surface area (Å²) in [6.45, 7) is 9.15. The molecule has 2 aromatic rings. The molecule has 0 N–H and O–H groups in total. The predicted molar refractivity (Wildman–Crippen MR) is 130 cm³/mol. The van der Waals surface area contributed by atoms with Crippen molar-refractivity contribution in [3.8, 4) is 0 Å². The number of carbonyl (C=O) groups is 1. The van der Waals surface area contributed by atoms with E-state index in [1.165, 1.54) is 24.8 Å². The van der Waals surface area contributed by atoms with E-state index in [-0.39, 0.29) is 11.7 Å². The zero-order valence-corrected chi connectivity index (χ0v) is 20.3. The number of fused-ring (bicyclic) bond motifs is 2. The highest BCUT2D eigenvalue weighted by Gasteiger charge is 2.52. The van der Waals surface area contributed by atoms with Gasteiger partial charge in [0.25, 0.3) is 0 Å². The fourth-order valence-electron chi connectivity index (χ4n) is 5.62. The molecular weight excluding hydrogens is 411 g/mol. The lowest BCUT2D eigenvalue weighted by Crippen LogP contribution is -2.52. The fourth-order valence-corrected chi connectivity index (χ4v) is 5.62. The van der Waals surface area contributed by atoms with Gasteiger partial charge in [0.2, 0.25) is 0 Å². The molecule has 4 heterocycles. The van der Waals surface area contributed by atoms with Gasteiger partial charge in [0.1, 0.15) is 5.69 Å². The van der Waals surface area contributed by atoms with Crippen LogP contribution in [0.1, 0.15) is 75.9 Å². The Morgan fingerprint density at radius 1 is 1.00 bits per heavy atom. The maximum absolute atomic E-state index is 13.4. The normalized spacial score (nSPS) is 28.6. The van der Waals surface area contributed by atoms with Crippen molar-refractivity contribution in [3.05, 3.63) is 59.9 Å². The molecule has 5 nitrogen and oxygen atoms in total. The van der Waals surface area contributed by atoms with Crippen LogP contribution in [0.5, 0.6) is 0 Å². The minimum absolute atomic E-state index is 0.0579. The van der Waals surface area contributed by atoms with E-state index in [4.69, 9.17) is 9.31 Å². The number of piperidine rings is 2. The molecule has 3 aliphatic rings. The quantitative estimate of drug-likeness (QED) is 0.504. The smallest absolute Gasteiger partial charge is 0.399 e. The third-order valence-corrected chi connectivity index (χ3v) is 8.27. The van der Waals surface area contributed by atoms with Crippen molar-refractivity contribution < 1.29 is 14.1 Å². The van der Waals surface area contributed by atoms with Gasteiger partial charge < -0.3 is 9.31 Å². The highest BCUT2D eigenvalue weighted by Crippen LogP contribution is 2.39. The van der Waals surface area contributed by atoms with Crippen molar-refractivity contribution in [1.29, 1.82) is 0 Å². The Bertz CT molecular complexity index is 962. The Labute approximate surface area is 198 Å². The predicted octanol–water partition coefficient (Wildman–Crippen LogP) is 4.40. The summed E-state index contributed by atoms with van der Waals surface area (Å²) in [6.07, 6.45) is 7.25. The fraction of sp³-hybridized carbons (Fsp3) is 0.556. The molecule has 6 heteroatoms. The molecule has 0 saturated carbocycles. The number of Topliss-reactive ketones (excluding diaryl/α,β-unsaturated/α-hetero) is 1. The van der Waals surface area contributed by atoms with Gasteiger partial charge in [-0.3, -0.25) is 14.7 Å². The average Bonchev–Trinajstić information content (AvgIpc) is 3.01. The molecule has 33 heavy (non-hydrogen) atoms. The maximum atomic E-state index is 13.4. The number of rotatable bonds is 5. The highest BCUT2D eigenvalue weighted by molar-refractivity contribution is 6.62. The van der Waals surface area contributed by atoms with E-state index in [0.717, 1.165) is 24.8 Å². The van der Waals surface area contributed by atoms with Gasteiger partial charge in [0, 0.05) is 36.2 Å². The zero-order chi connectivity index (χ0) is 23.2. The van der Waals surface area contributed by atoms with E-state index >= 15 is 0 Å². The molecule has 0 radical (unpaired) electrons. The third kappa shape index (κ3) is 4.41. The zero-order valence-electron chi connectivity index (χ0n) is 20.3. The lowest BCUT2D eigenvalue weighted by Gasteiger charge is -2.48. The van der Waals surface area contributed by atoms with Gasteiger partial charge in [0.05, 0.1) is 11.2 Å². The molecule has 3 fully saturated rings. The molecule has 2 unspecified atom stereocenters. The van der Waals surface area contributed by atoms with Gasteiger partial charge in [-0.1, -0.05) is 42.8 Å². The lowest BCUT2D eigenvalue weighted by molar-refractivity contribution is 0.00578. The molecule has 2 atom stereocenters. The van der Waals surface area contributed by atoms with E-state index in [0.29, 0.717) is 17.8 Å². The third-order valence-electron chi connectivity index (χ3n) is 8.27. The van der Waals surface area contributed by atoms with E-state index in [2.05, 4.69) is 40.2 Å². The van der Waals surface area contributed by atoms with Crippen LogP contribution in [0.4, 0.5) is 0 Å². The summed E-state index contributed by atoms with van der Waals surface area (Å²) < 4.78 is 12.3. The van der Waals surface area contributed by atoms with E-state index < -0.39 is 18.3 Å². The van der Waals surface area contributed by atoms with Crippen molar-refractivity contribution in [1.82, 2.24) is 9.88 Å². The Kier molecular flexibility index (Phi) is 5.96. The first-order valence-electron chi connectivity index (χ1n) is 12.4. The Hall–Kier alpha value is -2.02. The van der Waals surface area contributed by atoms with Gasteiger partial charge in [-0.25, -0.2) is 0 Å². The van der Waals surface area contributed by atoms with Crippen molar-refractivity contribution in [2.24, 2.45) is 5.92 Å². The van der Waals surface area contributed by atoms with Crippen LogP contribution in [0.3, 0.4) is 0 Å². The van der Waals surface area contributed by atoms with Gasteiger partial charge in [-0.05, 0) is 65.0 Å². The van der Waals surface area contributed by atoms with E-state index in [1.807, 2.05) is 39.8 Å². The maximum Gasteiger partial charge on any atom is 0.496 e. The number of aromatic nitrogens is 1. The van der Waals surface area contributed by atoms with Gasteiger partial charge in [-0.15, -0.1) is 0 Å². The number of ketones is 1. The highest BCUT2D eigenvalue weighted by atomic mass is 16.7. The molecule has 5 rings (SSSR count). The minimum atomic E-state index is -0.452. The Balaban J connectivity index is 1.26. The van der Waals surface area contributed by atoms with Crippen LogP contribution in [-0.4, -0.2) is 46.1 Å². The second kappa shape index (κ2) is 8.64. The van der Waals surface area contributed by atoms with Gasteiger partial charge >= 0.3 is 7.12 Å². The molecule has 2 bridgehead atoms. The summed E-state index contributed by atoms with van der Waals surface area (Å²) in [6, 6.07) is 15.5. The summed E-state index contributed by atoms with van der Waals surface area (Å²) in [5.41, 5.74) is 2.00. The van der Waals surface area contributed by atoms with Gasteiger partial charge in [0.15, 0.2) is 5.78 Å². The Morgan fingerprint density at radius 3 is 2.21 bits per heavy atom. The van der Waals surface area contributed by atoms with Crippen molar-refractivity contribution in [3.63, 3.8) is 0 Å². The summed E-state index contributed by atoms with van der Waals surface area (Å²) in [5.74, 6) is 0.245. The monoisotopic (exact) mass is 446 g/mol. The SMILES string of the molecule is CC1(C)OB(c2ccc(C(=O)C3CC4CCCC(C3)N4Cc3ccccc3)nc2)OC1(C)C. The number of carbonyl (C=O) groups excluding carboxylic acids is 1. The van der Waals surface area contributed by atoms with Crippen LogP contribution in [0.25, 0.3) is 0 Å². The minimum Gasteiger partial charge on any atom is -0.399 e. The second-order valence-electron chi connectivity index (χ2n) is 11.0. The van der Waals surface area contributed by atoms with Gasteiger partial charge in [-0.2, -0.15) is 0 Å². The van der Waals surface area contributed by atoms with Crippen molar-refractivity contribution in [2.75, 3.05) is 0 Å². The van der Waals surface area contributed by atoms with Crippen LogP contribution in [0, 0.1) is 5.92 Å². The van der Waals surface area contributed by atoms with Crippen molar-refractivity contribution >= 4 is 18.4 Å². The number of hydrogen-bond donors (Lipinski definition) is 0. The summed E-state index contributed by atoms with van der Waals surface area (Å²) >= 11 is 0. The van der Waals surface area contributed by atoms with Crippen LogP contribution in [0.2, 0.25) is 0 Å². The van der Waals surface area contributed by atoms with E-state index in [1.54, 1.807) is 6.20 Å².